The molecule has 4 fully saturated rings. The van der Waals surface area contributed by atoms with Crippen LogP contribution in [-0.4, -0.2) is 52.5 Å². The normalized spacial score (nSPS) is 32.7. The fourth-order valence-corrected chi connectivity index (χ4v) is 5.43. The van der Waals surface area contributed by atoms with Crippen LogP contribution in [0.5, 0.6) is 5.75 Å². The number of aromatic hydroxyl groups is 1. The molecule has 1 N–H and O–H groups in total. The van der Waals surface area contributed by atoms with Gasteiger partial charge in [0.25, 0.3) is 5.91 Å². The zero-order valence-corrected chi connectivity index (χ0v) is 15.0. The summed E-state index contributed by atoms with van der Waals surface area (Å²) < 4.78 is 5.51. The number of phenols is 1. The molecule has 0 spiro atoms. The van der Waals surface area contributed by atoms with Crippen LogP contribution < -0.4 is 0 Å². The smallest absolute Gasteiger partial charge is 0.290 e. The Morgan fingerprint density at radius 3 is 2.69 bits per heavy atom. The number of carbonyl (C=O) groups is 1. The minimum Gasteiger partial charge on any atom is -0.508 e. The van der Waals surface area contributed by atoms with Gasteiger partial charge in [-0.25, -0.2) is 0 Å². The molecular weight excluding hydrogens is 328 g/mol. The third-order valence-corrected chi connectivity index (χ3v) is 6.61. The van der Waals surface area contributed by atoms with Crippen molar-refractivity contribution in [2.45, 2.75) is 37.8 Å². The number of phenolic OH excluding ortho intramolecular Hbond substituents is 1. The molecule has 0 radical (unpaired) electrons. The lowest BCUT2D eigenvalue weighted by Gasteiger charge is -2.51. The molecule has 0 aliphatic carbocycles. The van der Waals surface area contributed by atoms with Crippen LogP contribution in [0.25, 0.3) is 0 Å². The fourth-order valence-electron chi connectivity index (χ4n) is 5.43. The van der Waals surface area contributed by atoms with E-state index in [2.05, 4.69) is 15.9 Å². The van der Waals surface area contributed by atoms with Gasteiger partial charge < -0.3 is 14.4 Å². The maximum Gasteiger partial charge on any atom is 0.290 e. The molecule has 26 heavy (non-hydrogen) atoms. The zero-order chi connectivity index (χ0) is 17.8. The number of hydrogen-bond acceptors (Lipinski definition) is 4. The molecule has 136 valence electrons. The van der Waals surface area contributed by atoms with Crippen molar-refractivity contribution in [3.8, 4) is 5.75 Å². The van der Waals surface area contributed by atoms with Crippen LogP contribution >= 0.6 is 0 Å². The van der Waals surface area contributed by atoms with E-state index in [-0.39, 0.29) is 17.9 Å². The number of furan rings is 1. The molecule has 3 atom stereocenters. The van der Waals surface area contributed by atoms with E-state index in [4.69, 9.17) is 4.42 Å². The highest BCUT2D eigenvalue weighted by molar-refractivity contribution is 5.93. The van der Waals surface area contributed by atoms with E-state index in [9.17, 15) is 9.90 Å². The number of nitrogens with zero attached hydrogens (tertiary/aromatic N) is 2. The molecular formula is C21H24N2O3. The molecule has 5 heteroatoms. The highest BCUT2D eigenvalue weighted by Crippen LogP contribution is 2.47. The zero-order valence-electron chi connectivity index (χ0n) is 15.0. The second-order valence-electron chi connectivity index (χ2n) is 7.95. The largest absolute Gasteiger partial charge is 0.508 e. The van der Waals surface area contributed by atoms with Crippen molar-refractivity contribution in [2.24, 2.45) is 5.92 Å². The van der Waals surface area contributed by atoms with Gasteiger partial charge in [-0.05, 0) is 62.5 Å². The SMILES string of the molecule is Cc1ccoc1C(=O)N1C[C@@H](c2cccc(O)c2)[C@@H]2[C@H]1C1CCN2CC1. The Kier molecular flexibility index (Phi) is 3.60. The van der Waals surface area contributed by atoms with Crippen LogP contribution in [0, 0.1) is 12.8 Å². The molecule has 5 nitrogen and oxygen atoms in total. The number of hydrogen-bond donors (Lipinski definition) is 1. The van der Waals surface area contributed by atoms with Crippen molar-refractivity contribution in [3.63, 3.8) is 0 Å². The van der Waals surface area contributed by atoms with Crippen LogP contribution in [0.15, 0.2) is 41.0 Å². The first-order valence-electron chi connectivity index (χ1n) is 9.51. The lowest BCUT2D eigenvalue weighted by atomic mass is 9.75. The third kappa shape index (κ3) is 2.30. The number of fused-ring (bicyclic) bond motifs is 2. The summed E-state index contributed by atoms with van der Waals surface area (Å²) in [6.45, 7) is 4.84. The first-order chi connectivity index (χ1) is 12.6. The molecule has 2 bridgehead atoms. The second-order valence-corrected chi connectivity index (χ2v) is 7.95. The summed E-state index contributed by atoms with van der Waals surface area (Å²) in [5.41, 5.74) is 2.02. The minimum absolute atomic E-state index is 0.0129. The number of aryl methyl sites for hydroxylation is 1. The summed E-state index contributed by atoms with van der Waals surface area (Å²) in [5.74, 6) is 1.57. The predicted molar refractivity (Wildman–Crippen MR) is 97.2 cm³/mol. The number of amides is 1. The number of carbonyl (C=O) groups excluding carboxylic acids is 1. The van der Waals surface area contributed by atoms with E-state index >= 15 is 0 Å². The Balaban J connectivity index is 1.55. The van der Waals surface area contributed by atoms with Gasteiger partial charge in [-0.2, -0.15) is 0 Å². The highest BCUT2D eigenvalue weighted by Gasteiger charge is 2.55. The molecule has 2 aromatic rings. The first kappa shape index (κ1) is 15.9. The Morgan fingerprint density at radius 2 is 2.00 bits per heavy atom. The second kappa shape index (κ2) is 5.88. The lowest BCUT2D eigenvalue weighted by molar-refractivity contribution is -0.00432. The summed E-state index contributed by atoms with van der Waals surface area (Å²) in [5, 5.41) is 9.95. The lowest BCUT2D eigenvalue weighted by Crippen LogP contribution is -2.60. The average molecular weight is 352 g/mol. The number of rotatable bonds is 2. The van der Waals surface area contributed by atoms with Crippen molar-refractivity contribution in [3.05, 3.63) is 53.5 Å². The van der Waals surface area contributed by atoms with E-state index in [1.165, 1.54) is 0 Å². The molecule has 4 aliphatic heterocycles. The summed E-state index contributed by atoms with van der Waals surface area (Å²) in [6, 6.07) is 9.97. The topological polar surface area (TPSA) is 56.9 Å². The Bertz CT molecular complexity index is 837. The van der Waals surface area contributed by atoms with Crippen LogP contribution in [0.3, 0.4) is 0 Å². The number of likely N-dealkylation sites (tertiary alicyclic amines) is 1. The first-order valence-corrected chi connectivity index (χ1v) is 9.51. The fraction of sp³-hybridized carbons (Fsp3) is 0.476. The maximum absolute atomic E-state index is 13.3. The van der Waals surface area contributed by atoms with Gasteiger partial charge in [0.05, 0.1) is 12.3 Å². The van der Waals surface area contributed by atoms with Gasteiger partial charge >= 0.3 is 0 Å². The quantitative estimate of drug-likeness (QED) is 0.903. The van der Waals surface area contributed by atoms with E-state index in [1.54, 1.807) is 12.3 Å². The highest BCUT2D eigenvalue weighted by atomic mass is 16.3. The van der Waals surface area contributed by atoms with Crippen LogP contribution in [0.4, 0.5) is 0 Å². The van der Waals surface area contributed by atoms with Crippen LogP contribution in [0.2, 0.25) is 0 Å². The van der Waals surface area contributed by atoms with Gasteiger partial charge in [0, 0.05) is 24.1 Å². The summed E-state index contributed by atoms with van der Waals surface area (Å²) in [7, 11) is 0. The van der Waals surface area contributed by atoms with Gasteiger partial charge in [0.1, 0.15) is 5.75 Å². The number of piperidine rings is 3. The van der Waals surface area contributed by atoms with Gasteiger partial charge in [0.15, 0.2) is 5.76 Å². The molecule has 4 saturated heterocycles. The van der Waals surface area contributed by atoms with Gasteiger partial charge in [-0.1, -0.05) is 12.1 Å². The van der Waals surface area contributed by atoms with Gasteiger partial charge in [-0.3, -0.25) is 9.69 Å². The van der Waals surface area contributed by atoms with E-state index in [0.29, 0.717) is 30.0 Å². The average Bonchev–Trinajstić information content (AvgIpc) is 3.27. The van der Waals surface area contributed by atoms with Crippen molar-refractivity contribution in [1.82, 2.24) is 9.80 Å². The summed E-state index contributed by atoms with van der Waals surface area (Å²) in [6.07, 6.45) is 3.92. The Labute approximate surface area is 153 Å². The maximum atomic E-state index is 13.3. The Morgan fingerprint density at radius 1 is 1.19 bits per heavy atom. The van der Waals surface area contributed by atoms with Gasteiger partial charge in [-0.15, -0.1) is 0 Å². The van der Waals surface area contributed by atoms with Crippen LogP contribution in [-0.2, 0) is 0 Å². The van der Waals surface area contributed by atoms with E-state index in [0.717, 1.165) is 37.1 Å². The summed E-state index contributed by atoms with van der Waals surface area (Å²) in [4.78, 5) is 17.9. The Hall–Kier alpha value is -2.27. The summed E-state index contributed by atoms with van der Waals surface area (Å²) >= 11 is 0. The monoisotopic (exact) mass is 352 g/mol. The minimum atomic E-state index is 0.0129. The standard InChI is InChI=1S/C21H24N2O3/c1-13-7-10-26-20(13)21(25)23-12-17(15-3-2-4-16(24)11-15)19-18(23)14-5-8-22(19)9-6-14/h2-4,7,10-11,14,17-19,24H,5-6,8-9,12H2,1H3/t17-,18+,19+/m0/s1. The van der Waals surface area contributed by atoms with Crippen molar-refractivity contribution in [1.29, 1.82) is 0 Å². The predicted octanol–water partition coefficient (Wildman–Crippen LogP) is 3.00. The third-order valence-electron chi connectivity index (χ3n) is 6.61. The molecule has 0 saturated carbocycles. The molecule has 0 unspecified atom stereocenters. The molecule has 1 amide bonds. The molecule has 1 aromatic carbocycles. The molecule has 4 aliphatic rings. The molecule has 6 rings (SSSR count). The van der Waals surface area contributed by atoms with Crippen molar-refractivity contribution < 1.29 is 14.3 Å². The van der Waals surface area contributed by atoms with Crippen molar-refractivity contribution in [2.75, 3.05) is 19.6 Å². The van der Waals surface area contributed by atoms with Crippen LogP contribution in [0.1, 0.15) is 40.4 Å². The van der Waals surface area contributed by atoms with E-state index < -0.39 is 0 Å². The number of benzene rings is 1. The van der Waals surface area contributed by atoms with Crippen molar-refractivity contribution >= 4 is 5.91 Å². The molecule has 5 heterocycles. The molecule has 1 aromatic heterocycles. The van der Waals surface area contributed by atoms with Gasteiger partial charge in [0.2, 0.25) is 0 Å². The van der Waals surface area contributed by atoms with E-state index in [1.807, 2.05) is 25.1 Å².